The van der Waals surface area contributed by atoms with Crippen LogP contribution >= 0.6 is 0 Å². The topological polar surface area (TPSA) is 64.3 Å². The molecule has 17 heavy (non-hydrogen) atoms. The van der Waals surface area contributed by atoms with Crippen LogP contribution in [0.1, 0.15) is 11.1 Å². The molecule has 0 unspecified atom stereocenters. The molecule has 4 nitrogen and oxygen atoms in total. The molecule has 0 bridgehead atoms. The number of ether oxygens (including phenoxy) is 1. The Morgan fingerprint density at radius 3 is 3.00 bits per heavy atom. The molecule has 3 N–H and O–H groups in total. The lowest BCUT2D eigenvalue weighted by Crippen LogP contribution is -2.29. The summed E-state index contributed by atoms with van der Waals surface area (Å²) >= 11 is 0. The minimum Gasteiger partial charge on any atom is -0.483 e. The van der Waals surface area contributed by atoms with Crippen LogP contribution in [0.4, 0.5) is 0 Å². The van der Waals surface area contributed by atoms with Crippen LogP contribution in [-0.4, -0.2) is 19.1 Å². The number of carbonyl (C=O) groups excluding carboxylic acids is 1. The van der Waals surface area contributed by atoms with Crippen molar-refractivity contribution in [1.29, 1.82) is 0 Å². The van der Waals surface area contributed by atoms with E-state index in [1.54, 1.807) is 6.08 Å². The van der Waals surface area contributed by atoms with E-state index in [0.29, 0.717) is 18.8 Å². The third-order valence-electron chi connectivity index (χ3n) is 2.30. The second-order valence-electron chi connectivity index (χ2n) is 3.65. The van der Waals surface area contributed by atoms with Crippen molar-refractivity contribution in [3.05, 3.63) is 42.0 Å². The highest BCUT2D eigenvalue weighted by Crippen LogP contribution is 2.22. The second-order valence-corrected chi connectivity index (χ2v) is 3.65. The standard InChI is InChI=1S/C13H18N2O2/c1-3-7-15-12(16)9-17-13-10(2)5-4-6-11(13)8-14/h3-6H,1,7-9,14H2,2H3,(H,15,16). The van der Waals surface area contributed by atoms with Gasteiger partial charge in [-0.1, -0.05) is 24.3 Å². The van der Waals surface area contributed by atoms with Crippen molar-refractivity contribution in [3.8, 4) is 5.75 Å². The number of rotatable bonds is 6. The quantitative estimate of drug-likeness (QED) is 0.725. The van der Waals surface area contributed by atoms with E-state index in [2.05, 4.69) is 11.9 Å². The number of para-hydroxylation sites is 1. The molecular weight excluding hydrogens is 216 g/mol. The third-order valence-corrected chi connectivity index (χ3v) is 2.30. The van der Waals surface area contributed by atoms with Gasteiger partial charge in [0.2, 0.25) is 0 Å². The molecule has 92 valence electrons. The van der Waals surface area contributed by atoms with Crippen molar-refractivity contribution >= 4 is 5.91 Å². The van der Waals surface area contributed by atoms with Gasteiger partial charge in [0, 0.05) is 18.7 Å². The lowest BCUT2D eigenvalue weighted by atomic mass is 10.1. The number of amides is 1. The molecule has 0 atom stereocenters. The fourth-order valence-corrected chi connectivity index (χ4v) is 1.46. The molecule has 1 rings (SSSR count). The molecule has 0 aliphatic rings. The molecule has 4 heteroatoms. The lowest BCUT2D eigenvalue weighted by Gasteiger charge is -2.12. The predicted octanol–water partition coefficient (Wildman–Crippen LogP) is 1.13. The van der Waals surface area contributed by atoms with Crippen LogP contribution in [0, 0.1) is 6.92 Å². The molecule has 1 aromatic carbocycles. The Morgan fingerprint density at radius 2 is 2.35 bits per heavy atom. The summed E-state index contributed by atoms with van der Waals surface area (Å²) in [5.41, 5.74) is 7.49. The van der Waals surface area contributed by atoms with Crippen molar-refractivity contribution in [2.45, 2.75) is 13.5 Å². The van der Waals surface area contributed by atoms with E-state index in [1.165, 1.54) is 0 Å². The van der Waals surface area contributed by atoms with Gasteiger partial charge in [0.1, 0.15) is 5.75 Å². The first-order valence-electron chi connectivity index (χ1n) is 5.48. The summed E-state index contributed by atoms with van der Waals surface area (Å²) in [6.07, 6.45) is 1.62. The Kier molecular flexibility index (Phi) is 5.23. The summed E-state index contributed by atoms with van der Waals surface area (Å²) in [6, 6.07) is 5.74. The summed E-state index contributed by atoms with van der Waals surface area (Å²) in [5, 5.41) is 2.65. The van der Waals surface area contributed by atoms with Gasteiger partial charge in [-0.3, -0.25) is 4.79 Å². The van der Waals surface area contributed by atoms with E-state index in [1.807, 2.05) is 25.1 Å². The largest absolute Gasteiger partial charge is 0.483 e. The molecule has 0 saturated heterocycles. The van der Waals surface area contributed by atoms with Gasteiger partial charge in [-0.15, -0.1) is 6.58 Å². The Balaban J connectivity index is 2.62. The van der Waals surface area contributed by atoms with E-state index in [9.17, 15) is 4.79 Å². The Hall–Kier alpha value is -1.81. The first-order chi connectivity index (χ1) is 8.19. The number of carbonyl (C=O) groups is 1. The average molecular weight is 234 g/mol. The zero-order chi connectivity index (χ0) is 12.7. The predicted molar refractivity (Wildman–Crippen MR) is 67.8 cm³/mol. The highest BCUT2D eigenvalue weighted by Gasteiger charge is 2.07. The molecule has 0 aliphatic heterocycles. The monoisotopic (exact) mass is 234 g/mol. The van der Waals surface area contributed by atoms with Crippen molar-refractivity contribution in [1.82, 2.24) is 5.32 Å². The maximum atomic E-state index is 11.4. The van der Waals surface area contributed by atoms with Gasteiger partial charge in [0.15, 0.2) is 6.61 Å². The second kappa shape index (κ2) is 6.70. The zero-order valence-corrected chi connectivity index (χ0v) is 10.0. The number of aryl methyl sites for hydroxylation is 1. The zero-order valence-electron chi connectivity index (χ0n) is 10.0. The van der Waals surface area contributed by atoms with Crippen molar-refractivity contribution in [3.63, 3.8) is 0 Å². The van der Waals surface area contributed by atoms with Crippen molar-refractivity contribution in [2.75, 3.05) is 13.2 Å². The van der Waals surface area contributed by atoms with Gasteiger partial charge in [-0.2, -0.15) is 0 Å². The fraction of sp³-hybridized carbons (Fsp3) is 0.308. The van der Waals surface area contributed by atoms with Crippen LogP contribution in [-0.2, 0) is 11.3 Å². The summed E-state index contributed by atoms with van der Waals surface area (Å²) < 4.78 is 5.49. The molecule has 0 radical (unpaired) electrons. The Labute approximate surface area is 101 Å². The molecule has 0 aromatic heterocycles. The van der Waals surface area contributed by atoms with E-state index >= 15 is 0 Å². The first kappa shape index (κ1) is 13.3. The van der Waals surface area contributed by atoms with Crippen LogP contribution in [0.5, 0.6) is 5.75 Å². The van der Waals surface area contributed by atoms with E-state index < -0.39 is 0 Å². The third kappa shape index (κ3) is 3.92. The molecule has 1 amide bonds. The van der Waals surface area contributed by atoms with Gasteiger partial charge >= 0.3 is 0 Å². The molecule has 0 spiro atoms. The highest BCUT2D eigenvalue weighted by atomic mass is 16.5. The molecule has 0 saturated carbocycles. The first-order valence-corrected chi connectivity index (χ1v) is 5.48. The van der Waals surface area contributed by atoms with Crippen LogP contribution < -0.4 is 15.8 Å². The molecule has 0 aliphatic carbocycles. The van der Waals surface area contributed by atoms with Gasteiger partial charge in [0.05, 0.1) is 0 Å². The van der Waals surface area contributed by atoms with Crippen molar-refractivity contribution < 1.29 is 9.53 Å². The maximum Gasteiger partial charge on any atom is 0.258 e. The number of nitrogens with two attached hydrogens (primary N) is 1. The maximum absolute atomic E-state index is 11.4. The number of hydrogen-bond acceptors (Lipinski definition) is 3. The van der Waals surface area contributed by atoms with Gasteiger partial charge in [-0.05, 0) is 12.5 Å². The summed E-state index contributed by atoms with van der Waals surface area (Å²) in [6.45, 7) is 6.28. The van der Waals surface area contributed by atoms with Gasteiger partial charge in [-0.25, -0.2) is 0 Å². The van der Waals surface area contributed by atoms with Crippen LogP contribution in [0.3, 0.4) is 0 Å². The summed E-state index contributed by atoms with van der Waals surface area (Å²) in [5.74, 6) is 0.528. The lowest BCUT2D eigenvalue weighted by molar-refractivity contribution is -0.122. The minimum atomic E-state index is -0.170. The number of hydrogen-bond donors (Lipinski definition) is 2. The van der Waals surface area contributed by atoms with E-state index in [-0.39, 0.29) is 12.5 Å². The Morgan fingerprint density at radius 1 is 1.59 bits per heavy atom. The molecule has 0 heterocycles. The molecular formula is C13H18N2O2. The summed E-state index contributed by atoms with van der Waals surface area (Å²) in [7, 11) is 0. The average Bonchev–Trinajstić information content (AvgIpc) is 2.34. The molecule has 1 aromatic rings. The SMILES string of the molecule is C=CCNC(=O)COc1c(C)cccc1CN. The van der Waals surface area contributed by atoms with Gasteiger partial charge in [0.25, 0.3) is 5.91 Å². The highest BCUT2D eigenvalue weighted by molar-refractivity contribution is 5.77. The molecule has 0 fully saturated rings. The van der Waals surface area contributed by atoms with Crippen LogP contribution in [0.2, 0.25) is 0 Å². The minimum absolute atomic E-state index is 0.00824. The van der Waals surface area contributed by atoms with E-state index in [4.69, 9.17) is 10.5 Å². The number of nitrogens with one attached hydrogen (secondary N) is 1. The smallest absolute Gasteiger partial charge is 0.258 e. The van der Waals surface area contributed by atoms with Crippen LogP contribution in [0.15, 0.2) is 30.9 Å². The van der Waals surface area contributed by atoms with Crippen molar-refractivity contribution in [2.24, 2.45) is 5.73 Å². The Bertz CT molecular complexity index is 402. The fourth-order valence-electron chi connectivity index (χ4n) is 1.46. The number of benzene rings is 1. The van der Waals surface area contributed by atoms with E-state index in [0.717, 1.165) is 11.1 Å². The van der Waals surface area contributed by atoms with Gasteiger partial charge < -0.3 is 15.8 Å². The summed E-state index contributed by atoms with van der Waals surface area (Å²) in [4.78, 5) is 11.4. The normalized spacial score (nSPS) is 9.76. The van der Waals surface area contributed by atoms with Crippen LogP contribution in [0.25, 0.3) is 0 Å².